The molecule has 1 aliphatic carbocycles. The molecular weight excluding hydrogens is 462 g/mol. The lowest BCUT2D eigenvalue weighted by molar-refractivity contribution is 0.0950. The maximum atomic E-state index is 13.5. The minimum atomic E-state index is -0.211. The van der Waals surface area contributed by atoms with E-state index in [-0.39, 0.29) is 18.0 Å². The summed E-state index contributed by atoms with van der Waals surface area (Å²) in [5, 5.41) is 2.98. The number of aromatic amines is 1. The van der Waals surface area contributed by atoms with Gasteiger partial charge in [0, 0.05) is 60.4 Å². The Morgan fingerprint density at radius 2 is 1.84 bits per heavy atom. The number of rotatable bonds is 8. The highest BCUT2D eigenvalue weighted by Gasteiger charge is 2.24. The molecule has 0 saturated heterocycles. The van der Waals surface area contributed by atoms with Gasteiger partial charge in [0.15, 0.2) is 0 Å². The summed E-state index contributed by atoms with van der Waals surface area (Å²) in [6.45, 7) is 6.64. The van der Waals surface area contributed by atoms with Crippen LogP contribution in [0.25, 0.3) is 11.1 Å². The molecule has 0 atom stereocenters. The topological polar surface area (TPSA) is 81.3 Å². The highest BCUT2D eigenvalue weighted by atomic mass is 16.1. The molecule has 1 aromatic carbocycles. The number of benzene rings is 1. The highest BCUT2D eigenvalue weighted by Crippen LogP contribution is 2.35. The van der Waals surface area contributed by atoms with E-state index in [4.69, 9.17) is 0 Å². The first kappa shape index (κ1) is 26.6. The molecule has 2 aromatic heterocycles. The van der Waals surface area contributed by atoms with Gasteiger partial charge >= 0.3 is 0 Å². The lowest BCUT2D eigenvalue weighted by Crippen LogP contribution is -2.30. The molecule has 7 heteroatoms. The number of hydrogen-bond donors (Lipinski definition) is 2. The summed E-state index contributed by atoms with van der Waals surface area (Å²) in [5.41, 5.74) is 7.34. The zero-order valence-electron chi connectivity index (χ0n) is 22.6. The Morgan fingerprint density at radius 1 is 1.11 bits per heavy atom. The highest BCUT2D eigenvalue weighted by molar-refractivity contribution is 5.99. The Hall–Kier alpha value is -3.45. The Kier molecular flexibility index (Phi) is 8.13. The lowest BCUT2D eigenvalue weighted by Gasteiger charge is -2.29. The third-order valence-corrected chi connectivity index (χ3v) is 7.26. The molecule has 1 aliphatic rings. The smallest absolute Gasteiger partial charge is 0.253 e. The van der Waals surface area contributed by atoms with Crippen molar-refractivity contribution in [2.45, 2.75) is 65.6 Å². The first-order chi connectivity index (χ1) is 17.6. The molecule has 7 nitrogen and oxygen atoms in total. The van der Waals surface area contributed by atoms with Gasteiger partial charge in [-0.15, -0.1) is 0 Å². The van der Waals surface area contributed by atoms with Gasteiger partial charge in [-0.05, 0) is 88.7 Å². The Bertz CT molecular complexity index is 1320. The SMILES string of the molecule is [CH2]N(c1cc(-c2ccc(CN(C)C)nc2)cc(C(=O)NCc2c(C)cc(C)[nH]c2=O)c1C)C1CCCC1. The van der Waals surface area contributed by atoms with Gasteiger partial charge in [0.2, 0.25) is 0 Å². The van der Waals surface area contributed by atoms with E-state index in [0.717, 1.165) is 58.7 Å². The Labute approximate surface area is 219 Å². The number of H-pyrrole nitrogens is 1. The van der Waals surface area contributed by atoms with Crippen molar-refractivity contribution < 1.29 is 4.79 Å². The number of nitrogens with zero attached hydrogens (tertiary/aromatic N) is 3. The van der Waals surface area contributed by atoms with Gasteiger partial charge < -0.3 is 20.1 Å². The van der Waals surface area contributed by atoms with Gasteiger partial charge in [-0.3, -0.25) is 14.6 Å². The molecule has 1 saturated carbocycles. The summed E-state index contributed by atoms with van der Waals surface area (Å²) >= 11 is 0. The summed E-state index contributed by atoms with van der Waals surface area (Å²) < 4.78 is 0. The zero-order valence-corrected chi connectivity index (χ0v) is 22.6. The van der Waals surface area contributed by atoms with Crippen LogP contribution in [0.15, 0.2) is 41.3 Å². The van der Waals surface area contributed by atoms with Crippen molar-refractivity contribution >= 4 is 11.6 Å². The second kappa shape index (κ2) is 11.3. The summed E-state index contributed by atoms with van der Waals surface area (Å²) in [6, 6.07) is 10.4. The van der Waals surface area contributed by atoms with Crippen LogP contribution in [0.4, 0.5) is 5.69 Å². The van der Waals surface area contributed by atoms with Crippen molar-refractivity contribution in [2.75, 3.05) is 19.0 Å². The zero-order chi connectivity index (χ0) is 26.7. The minimum Gasteiger partial charge on any atom is -0.367 e. The van der Waals surface area contributed by atoms with E-state index in [2.05, 4.69) is 44.3 Å². The number of anilines is 1. The monoisotopic (exact) mass is 500 g/mol. The van der Waals surface area contributed by atoms with E-state index in [1.54, 1.807) is 0 Å². The average Bonchev–Trinajstić information content (AvgIpc) is 3.38. The van der Waals surface area contributed by atoms with Crippen LogP contribution in [-0.2, 0) is 13.1 Å². The molecular formula is C30H38N5O2. The number of aryl methyl sites for hydroxylation is 2. The molecule has 2 N–H and O–H groups in total. The fourth-order valence-electron chi connectivity index (χ4n) is 5.19. The molecule has 2 heterocycles. The van der Waals surface area contributed by atoms with Crippen molar-refractivity contribution in [3.63, 3.8) is 0 Å². The maximum Gasteiger partial charge on any atom is 0.253 e. The largest absolute Gasteiger partial charge is 0.367 e. The van der Waals surface area contributed by atoms with E-state index >= 15 is 0 Å². The first-order valence-electron chi connectivity index (χ1n) is 13.0. The standard InChI is InChI=1S/C30H38N5O2/c1-19-13-20(2)33-30(37)27(19)17-32-29(36)26-14-23(22-11-12-24(31-16-22)18-34(4)5)15-28(21(26)3)35(6)25-9-7-8-10-25/h11-16,25H,6-10,17-18H2,1-5H3,(H,32,36)(H,33,37). The van der Waals surface area contributed by atoms with Crippen molar-refractivity contribution in [1.82, 2.24) is 20.2 Å². The summed E-state index contributed by atoms with van der Waals surface area (Å²) in [4.78, 5) is 37.6. The first-order valence-corrected chi connectivity index (χ1v) is 13.0. The minimum absolute atomic E-state index is 0.163. The number of aromatic nitrogens is 2. The second-order valence-electron chi connectivity index (χ2n) is 10.5. The van der Waals surface area contributed by atoms with Crippen molar-refractivity contribution in [1.29, 1.82) is 0 Å². The molecule has 0 spiro atoms. The van der Waals surface area contributed by atoms with Crippen LogP contribution in [-0.4, -0.2) is 40.9 Å². The van der Waals surface area contributed by atoms with Crippen molar-refractivity contribution in [3.05, 3.63) is 87.6 Å². The number of amides is 1. The maximum absolute atomic E-state index is 13.5. The van der Waals surface area contributed by atoms with Crippen LogP contribution in [0.3, 0.4) is 0 Å². The summed E-state index contributed by atoms with van der Waals surface area (Å²) in [5.74, 6) is -0.211. The van der Waals surface area contributed by atoms with Crippen LogP contribution >= 0.6 is 0 Å². The summed E-state index contributed by atoms with van der Waals surface area (Å²) in [7, 11) is 8.43. The molecule has 37 heavy (non-hydrogen) atoms. The normalized spacial score (nSPS) is 13.8. The number of nitrogens with one attached hydrogen (secondary N) is 2. The fourth-order valence-corrected chi connectivity index (χ4v) is 5.19. The number of pyridine rings is 2. The van der Waals surface area contributed by atoms with Gasteiger partial charge in [0.1, 0.15) is 0 Å². The number of carbonyl (C=O) groups excluding carboxylic acids is 1. The third-order valence-electron chi connectivity index (χ3n) is 7.26. The number of carbonyl (C=O) groups is 1. The fraction of sp³-hybridized carbons (Fsp3) is 0.400. The molecule has 3 aromatic rings. The Balaban J connectivity index is 1.69. The average molecular weight is 501 g/mol. The van der Waals surface area contributed by atoms with Crippen LogP contribution in [0.2, 0.25) is 0 Å². The van der Waals surface area contributed by atoms with E-state index < -0.39 is 0 Å². The van der Waals surface area contributed by atoms with Gasteiger partial charge in [-0.1, -0.05) is 18.9 Å². The molecule has 1 radical (unpaired) electrons. The quantitative estimate of drug-likeness (QED) is 0.460. The number of hydrogen-bond acceptors (Lipinski definition) is 5. The van der Waals surface area contributed by atoms with Crippen LogP contribution in [0.1, 0.15) is 64.1 Å². The van der Waals surface area contributed by atoms with Gasteiger partial charge in [0.05, 0.1) is 5.69 Å². The van der Waals surface area contributed by atoms with Gasteiger partial charge in [-0.2, -0.15) is 0 Å². The van der Waals surface area contributed by atoms with Gasteiger partial charge in [-0.25, -0.2) is 0 Å². The molecule has 0 bridgehead atoms. The van der Waals surface area contributed by atoms with Crippen LogP contribution < -0.4 is 15.8 Å². The predicted molar refractivity (Wildman–Crippen MR) is 150 cm³/mol. The van der Waals surface area contributed by atoms with E-state index in [0.29, 0.717) is 17.2 Å². The van der Waals surface area contributed by atoms with Crippen LogP contribution in [0.5, 0.6) is 0 Å². The lowest BCUT2D eigenvalue weighted by atomic mass is 9.96. The second-order valence-corrected chi connectivity index (χ2v) is 10.5. The summed E-state index contributed by atoms with van der Waals surface area (Å²) in [6.07, 6.45) is 6.47. The van der Waals surface area contributed by atoms with Crippen LogP contribution in [0, 0.1) is 27.8 Å². The predicted octanol–water partition coefficient (Wildman–Crippen LogP) is 4.89. The molecule has 4 rings (SSSR count). The van der Waals surface area contributed by atoms with Crippen molar-refractivity contribution in [2.24, 2.45) is 0 Å². The molecule has 0 unspecified atom stereocenters. The molecule has 195 valence electrons. The van der Waals surface area contributed by atoms with Gasteiger partial charge in [0.25, 0.3) is 11.5 Å². The molecule has 0 aliphatic heterocycles. The van der Waals surface area contributed by atoms with E-state index in [1.165, 1.54) is 12.8 Å². The van der Waals surface area contributed by atoms with E-state index in [1.807, 2.05) is 59.3 Å². The molecule has 1 fully saturated rings. The third kappa shape index (κ3) is 6.10. The Morgan fingerprint density at radius 3 is 2.46 bits per heavy atom. The molecule has 1 amide bonds. The van der Waals surface area contributed by atoms with Crippen molar-refractivity contribution in [3.8, 4) is 11.1 Å². The van der Waals surface area contributed by atoms with E-state index in [9.17, 15) is 9.59 Å².